The van der Waals surface area contributed by atoms with Crippen LogP contribution in [0.25, 0.3) is 0 Å². The van der Waals surface area contributed by atoms with Gasteiger partial charge in [-0.2, -0.15) is 0 Å². The van der Waals surface area contributed by atoms with Gasteiger partial charge in [0.15, 0.2) is 0 Å². The third kappa shape index (κ3) is 7.20. The smallest absolute Gasteiger partial charge is 0.550 e. The average Bonchev–Trinajstić information content (AvgIpc) is 2.46. The van der Waals surface area contributed by atoms with Crippen molar-refractivity contribution < 1.29 is 58.5 Å². The van der Waals surface area contributed by atoms with Crippen molar-refractivity contribution in [3.63, 3.8) is 0 Å². The second kappa shape index (κ2) is 10.3. The van der Waals surface area contributed by atoms with E-state index in [1.54, 1.807) is 13.8 Å². The predicted molar refractivity (Wildman–Crippen MR) is 74.9 cm³/mol. The van der Waals surface area contributed by atoms with Gasteiger partial charge in [0.05, 0.1) is 5.92 Å². The Morgan fingerprint density at radius 1 is 1.00 bits per heavy atom. The molecule has 0 bridgehead atoms. The van der Waals surface area contributed by atoms with Crippen molar-refractivity contribution in [2.24, 2.45) is 23.5 Å². The van der Waals surface area contributed by atoms with Gasteiger partial charge in [0.2, 0.25) is 6.29 Å². The minimum Gasteiger partial charge on any atom is -0.550 e. The first-order valence-corrected chi connectivity index (χ1v) is 7.59. The van der Waals surface area contributed by atoms with Crippen molar-refractivity contribution in [3.8, 4) is 0 Å². The maximum absolute atomic E-state index is 12.0. The summed E-state index contributed by atoms with van der Waals surface area (Å²) in [6.07, 6.45) is 0.982. The van der Waals surface area contributed by atoms with Gasteiger partial charge in [-0.05, 0) is 37.5 Å². The normalized spacial score (nSPS) is 23.3. The van der Waals surface area contributed by atoms with Crippen LogP contribution in [0.3, 0.4) is 0 Å². The number of hydrogen-bond acceptors (Lipinski definition) is 7. The molecule has 8 heteroatoms. The van der Waals surface area contributed by atoms with Crippen LogP contribution in [0.1, 0.15) is 46.5 Å². The van der Waals surface area contributed by atoms with Gasteiger partial charge in [0.1, 0.15) is 6.04 Å². The molecule has 0 heterocycles. The summed E-state index contributed by atoms with van der Waals surface area (Å²) in [5.41, 5.74) is 5.87. The van der Waals surface area contributed by atoms with Crippen LogP contribution in [0.5, 0.6) is 0 Å². The third-order valence-electron chi connectivity index (χ3n) is 3.92. The number of hydrogen-bond donors (Lipinski definition) is 1. The fraction of sp³-hybridized carbons (Fsp3) is 0.800. The summed E-state index contributed by atoms with van der Waals surface area (Å²) >= 11 is 0. The van der Waals surface area contributed by atoms with Crippen molar-refractivity contribution in [2.45, 2.75) is 58.8 Å². The molecular weight excluding hydrogens is 313 g/mol. The van der Waals surface area contributed by atoms with E-state index in [4.69, 9.17) is 15.2 Å². The van der Waals surface area contributed by atoms with Gasteiger partial charge >= 0.3 is 41.5 Å². The van der Waals surface area contributed by atoms with Crippen LogP contribution in [0.2, 0.25) is 0 Å². The molecule has 2 N–H and O–H groups in total. The van der Waals surface area contributed by atoms with Crippen LogP contribution in [0.15, 0.2) is 0 Å². The third-order valence-corrected chi connectivity index (χ3v) is 3.92. The van der Waals surface area contributed by atoms with Crippen LogP contribution < -0.4 is 40.4 Å². The zero-order valence-electron chi connectivity index (χ0n) is 14.2. The first-order chi connectivity index (χ1) is 10.2. The number of ether oxygens (including phenoxy) is 2. The summed E-state index contributed by atoms with van der Waals surface area (Å²) in [6, 6.07) is -0.845. The second-order valence-electron chi connectivity index (χ2n) is 6.05. The van der Waals surface area contributed by atoms with E-state index in [9.17, 15) is 19.5 Å². The van der Waals surface area contributed by atoms with E-state index in [0.717, 1.165) is 0 Å². The van der Waals surface area contributed by atoms with Gasteiger partial charge in [0.25, 0.3) is 0 Å². The molecule has 0 amide bonds. The molecule has 2 atom stereocenters. The van der Waals surface area contributed by atoms with Crippen LogP contribution in [-0.2, 0) is 23.9 Å². The van der Waals surface area contributed by atoms with Crippen LogP contribution in [0.4, 0.5) is 0 Å². The molecule has 0 saturated heterocycles. The fourth-order valence-electron chi connectivity index (χ4n) is 2.47. The molecule has 1 fully saturated rings. The van der Waals surface area contributed by atoms with Crippen LogP contribution >= 0.6 is 0 Å². The first-order valence-electron chi connectivity index (χ1n) is 7.59. The molecule has 23 heavy (non-hydrogen) atoms. The Hall–Kier alpha value is -0.630. The van der Waals surface area contributed by atoms with Gasteiger partial charge in [0, 0.05) is 12.9 Å². The number of rotatable bonds is 6. The van der Waals surface area contributed by atoms with E-state index in [-0.39, 0.29) is 41.4 Å². The molecule has 1 saturated carbocycles. The van der Waals surface area contributed by atoms with Crippen molar-refractivity contribution in [2.75, 3.05) is 0 Å². The summed E-state index contributed by atoms with van der Waals surface area (Å²) in [5, 5.41) is 10.8. The Bertz CT molecular complexity index is 420. The standard InChI is InChI=1S/C15H25NO6.Na/c1-8(2)14(19)21-9(3)22-15(20)12(16)10-4-6-11(7-5-10)13(17)18;/h8-12H,4-7,16H2,1-3H3,(H,17,18);/q;+1/p-1. The van der Waals surface area contributed by atoms with Gasteiger partial charge in [-0.1, -0.05) is 13.8 Å². The predicted octanol–water partition coefficient (Wildman–Crippen LogP) is -3.04. The molecular formula is C15H24NNaO6. The minimum absolute atomic E-state index is 0. The van der Waals surface area contributed by atoms with Crippen LogP contribution in [-0.4, -0.2) is 30.2 Å². The van der Waals surface area contributed by atoms with E-state index in [1.807, 2.05) is 0 Å². The van der Waals surface area contributed by atoms with E-state index in [0.29, 0.717) is 25.7 Å². The zero-order valence-corrected chi connectivity index (χ0v) is 16.2. The van der Waals surface area contributed by atoms with Crippen molar-refractivity contribution >= 4 is 17.9 Å². The summed E-state index contributed by atoms with van der Waals surface area (Å²) in [5.74, 6) is -3.05. The molecule has 1 rings (SSSR count). The Kier molecular flexibility index (Phi) is 10.00. The molecule has 0 radical (unpaired) electrons. The zero-order chi connectivity index (χ0) is 16.9. The number of nitrogens with two attached hydrogens (primary N) is 1. The maximum Gasteiger partial charge on any atom is 1.00 e. The maximum atomic E-state index is 12.0. The van der Waals surface area contributed by atoms with Gasteiger partial charge in [-0.3, -0.25) is 9.59 Å². The molecule has 7 nitrogen and oxygen atoms in total. The largest absolute Gasteiger partial charge is 1.00 e. The number of carbonyl (C=O) groups excluding carboxylic acids is 3. The monoisotopic (exact) mass is 337 g/mol. The molecule has 0 spiro atoms. The molecule has 1 aliphatic rings. The SMILES string of the molecule is CC(OC(=O)C(C)C)OC(=O)C(N)C1CCC(C(=O)[O-])CC1.[Na+]. The molecule has 0 aromatic heterocycles. The van der Waals surface area contributed by atoms with E-state index >= 15 is 0 Å². The molecule has 0 aromatic rings. The summed E-state index contributed by atoms with van der Waals surface area (Å²) in [4.78, 5) is 34.1. The van der Waals surface area contributed by atoms with Gasteiger partial charge < -0.3 is 25.1 Å². The van der Waals surface area contributed by atoms with Crippen LogP contribution in [0, 0.1) is 17.8 Å². The Labute approximate surface area is 158 Å². The molecule has 2 unspecified atom stereocenters. The van der Waals surface area contributed by atoms with Crippen molar-refractivity contribution in [1.82, 2.24) is 0 Å². The molecule has 1 aliphatic carbocycles. The Balaban J connectivity index is 0.00000484. The number of aliphatic carboxylic acids is 1. The second-order valence-corrected chi connectivity index (χ2v) is 6.05. The average molecular weight is 337 g/mol. The molecule has 0 aliphatic heterocycles. The quantitative estimate of drug-likeness (QED) is 0.311. The number of esters is 2. The Morgan fingerprint density at radius 2 is 1.48 bits per heavy atom. The fourth-order valence-corrected chi connectivity index (χ4v) is 2.47. The van der Waals surface area contributed by atoms with Crippen molar-refractivity contribution in [1.29, 1.82) is 0 Å². The van der Waals surface area contributed by atoms with Gasteiger partial charge in [-0.25, -0.2) is 0 Å². The number of carboxylic acid groups (broad SMARTS) is 1. The van der Waals surface area contributed by atoms with E-state index in [1.165, 1.54) is 6.92 Å². The van der Waals surface area contributed by atoms with Crippen molar-refractivity contribution in [3.05, 3.63) is 0 Å². The molecule has 0 aromatic carbocycles. The number of carbonyl (C=O) groups is 3. The van der Waals surface area contributed by atoms with Gasteiger partial charge in [-0.15, -0.1) is 0 Å². The topological polar surface area (TPSA) is 119 Å². The molecule has 126 valence electrons. The summed E-state index contributed by atoms with van der Waals surface area (Å²) in [7, 11) is 0. The van der Waals surface area contributed by atoms with E-state index < -0.39 is 36.2 Å². The first kappa shape index (κ1) is 22.4. The van der Waals surface area contributed by atoms with E-state index in [2.05, 4.69) is 0 Å². The minimum atomic E-state index is -1.05. The number of carboxylic acids is 1. The summed E-state index contributed by atoms with van der Waals surface area (Å²) < 4.78 is 9.97. The Morgan fingerprint density at radius 3 is 1.91 bits per heavy atom. The summed E-state index contributed by atoms with van der Waals surface area (Å²) in [6.45, 7) is 4.81.